The van der Waals surface area contributed by atoms with Gasteiger partial charge in [-0.15, -0.1) is 5.10 Å². The molecule has 1 rings (SSSR count). The van der Waals surface area contributed by atoms with Crippen molar-refractivity contribution < 1.29 is 9.90 Å². The lowest BCUT2D eigenvalue weighted by Gasteiger charge is -1.99. The first kappa shape index (κ1) is 7.67. The summed E-state index contributed by atoms with van der Waals surface area (Å²) in [5.41, 5.74) is 4.87. The fourth-order valence-electron chi connectivity index (χ4n) is 0.568. The van der Waals surface area contributed by atoms with Gasteiger partial charge in [0.25, 0.3) is 5.91 Å². The SMILES string of the molecule is CC(O)n1cnc(C(N)=O)n1. The second-order valence-corrected chi connectivity index (χ2v) is 2.04. The van der Waals surface area contributed by atoms with Crippen molar-refractivity contribution in [2.75, 3.05) is 0 Å². The van der Waals surface area contributed by atoms with Crippen molar-refractivity contribution in [1.29, 1.82) is 0 Å². The normalized spacial score (nSPS) is 12.9. The van der Waals surface area contributed by atoms with Gasteiger partial charge in [0, 0.05) is 0 Å². The van der Waals surface area contributed by atoms with Crippen molar-refractivity contribution in [2.24, 2.45) is 5.73 Å². The van der Waals surface area contributed by atoms with Crippen LogP contribution in [0.25, 0.3) is 0 Å². The van der Waals surface area contributed by atoms with Gasteiger partial charge in [-0.2, -0.15) is 0 Å². The predicted octanol–water partition coefficient (Wildman–Crippen LogP) is -1.11. The van der Waals surface area contributed by atoms with Crippen molar-refractivity contribution in [1.82, 2.24) is 14.8 Å². The number of rotatable bonds is 2. The third kappa shape index (κ3) is 1.53. The highest BCUT2D eigenvalue weighted by Gasteiger charge is 2.07. The standard InChI is InChI=1S/C5H8N4O2/c1-3(10)9-2-7-5(8-9)4(6)11/h2-3,10H,1H3,(H2,6,11). The average Bonchev–Trinajstić information content (AvgIpc) is 2.33. The van der Waals surface area contributed by atoms with Gasteiger partial charge < -0.3 is 10.8 Å². The summed E-state index contributed by atoms with van der Waals surface area (Å²) in [6, 6.07) is 0. The van der Waals surface area contributed by atoms with Crippen molar-refractivity contribution in [3.63, 3.8) is 0 Å². The minimum Gasteiger partial charge on any atom is -0.372 e. The molecule has 0 radical (unpaired) electrons. The van der Waals surface area contributed by atoms with E-state index in [2.05, 4.69) is 10.1 Å². The zero-order valence-corrected chi connectivity index (χ0v) is 5.93. The molecule has 0 aliphatic carbocycles. The molecule has 0 aliphatic heterocycles. The van der Waals surface area contributed by atoms with Crippen LogP contribution in [0.3, 0.4) is 0 Å². The average molecular weight is 156 g/mol. The Kier molecular flexibility index (Phi) is 1.86. The van der Waals surface area contributed by atoms with Gasteiger partial charge >= 0.3 is 0 Å². The van der Waals surface area contributed by atoms with Gasteiger partial charge in [-0.25, -0.2) is 9.67 Å². The highest BCUT2D eigenvalue weighted by Crippen LogP contribution is 1.96. The van der Waals surface area contributed by atoms with Crippen LogP contribution in [-0.2, 0) is 0 Å². The van der Waals surface area contributed by atoms with Crippen LogP contribution in [0.1, 0.15) is 23.8 Å². The Morgan fingerprint density at radius 3 is 2.82 bits per heavy atom. The van der Waals surface area contributed by atoms with Gasteiger partial charge in [-0.05, 0) is 6.92 Å². The zero-order valence-electron chi connectivity index (χ0n) is 5.93. The molecule has 0 aromatic carbocycles. The van der Waals surface area contributed by atoms with Crippen molar-refractivity contribution in [2.45, 2.75) is 13.2 Å². The van der Waals surface area contributed by atoms with Gasteiger partial charge in [0.15, 0.2) is 0 Å². The molecule has 0 spiro atoms. The number of hydrogen-bond donors (Lipinski definition) is 2. The molecule has 1 aromatic heterocycles. The first-order chi connectivity index (χ1) is 5.11. The number of aliphatic hydroxyl groups is 1. The second-order valence-electron chi connectivity index (χ2n) is 2.04. The summed E-state index contributed by atoms with van der Waals surface area (Å²) < 4.78 is 1.14. The molecule has 0 bridgehead atoms. The second kappa shape index (κ2) is 2.67. The molecular formula is C5H8N4O2. The Labute approximate surface area is 62.6 Å². The van der Waals surface area contributed by atoms with Gasteiger partial charge in [0.1, 0.15) is 12.6 Å². The summed E-state index contributed by atoms with van der Waals surface area (Å²) in [7, 11) is 0. The molecule has 0 fully saturated rings. The maximum absolute atomic E-state index is 10.4. The highest BCUT2D eigenvalue weighted by atomic mass is 16.3. The first-order valence-electron chi connectivity index (χ1n) is 3.00. The van der Waals surface area contributed by atoms with Crippen LogP contribution < -0.4 is 5.73 Å². The molecule has 1 amide bonds. The van der Waals surface area contributed by atoms with Crippen LogP contribution in [-0.4, -0.2) is 25.8 Å². The number of primary amides is 1. The van der Waals surface area contributed by atoms with E-state index < -0.39 is 12.1 Å². The summed E-state index contributed by atoms with van der Waals surface area (Å²) in [6.07, 6.45) is 0.445. The van der Waals surface area contributed by atoms with E-state index in [0.29, 0.717) is 0 Å². The molecule has 6 nitrogen and oxygen atoms in total. The van der Waals surface area contributed by atoms with Gasteiger partial charge in [-0.1, -0.05) is 0 Å². The number of hydrogen-bond acceptors (Lipinski definition) is 4. The van der Waals surface area contributed by atoms with E-state index in [4.69, 9.17) is 10.8 Å². The fourth-order valence-corrected chi connectivity index (χ4v) is 0.568. The number of aliphatic hydroxyl groups excluding tert-OH is 1. The lowest BCUT2D eigenvalue weighted by atomic mass is 10.6. The van der Waals surface area contributed by atoms with E-state index in [-0.39, 0.29) is 5.82 Å². The molecule has 0 aliphatic rings. The number of carbonyl (C=O) groups excluding carboxylic acids is 1. The summed E-state index contributed by atoms with van der Waals surface area (Å²) in [5.74, 6) is -0.796. The Morgan fingerprint density at radius 1 is 1.91 bits per heavy atom. The van der Waals surface area contributed by atoms with Crippen molar-refractivity contribution >= 4 is 5.91 Å². The molecule has 0 saturated carbocycles. The summed E-state index contributed by atoms with van der Waals surface area (Å²) in [6.45, 7) is 1.50. The van der Waals surface area contributed by atoms with E-state index in [1.54, 1.807) is 0 Å². The van der Waals surface area contributed by atoms with E-state index in [1.807, 2.05) is 0 Å². The fraction of sp³-hybridized carbons (Fsp3) is 0.400. The summed E-state index contributed by atoms with van der Waals surface area (Å²) in [4.78, 5) is 14.0. The Hall–Kier alpha value is -1.43. The minimum absolute atomic E-state index is 0.0918. The maximum Gasteiger partial charge on any atom is 0.288 e. The topological polar surface area (TPSA) is 94.0 Å². The first-order valence-corrected chi connectivity index (χ1v) is 3.00. The summed E-state index contributed by atoms with van der Waals surface area (Å²) in [5, 5.41) is 12.5. The van der Waals surface area contributed by atoms with E-state index in [0.717, 1.165) is 4.68 Å². The van der Waals surface area contributed by atoms with Crippen LogP contribution in [0, 0.1) is 0 Å². The van der Waals surface area contributed by atoms with E-state index >= 15 is 0 Å². The molecular weight excluding hydrogens is 148 g/mol. The van der Waals surface area contributed by atoms with Gasteiger partial charge in [-0.3, -0.25) is 4.79 Å². The lowest BCUT2D eigenvalue weighted by Crippen LogP contribution is -2.14. The number of nitrogens with two attached hydrogens (primary N) is 1. The molecule has 6 heteroatoms. The van der Waals surface area contributed by atoms with Crippen LogP contribution >= 0.6 is 0 Å². The van der Waals surface area contributed by atoms with Crippen LogP contribution in [0.4, 0.5) is 0 Å². The van der Waals surface area contributed by atoms with Crippen LogP contribution in [0.15, 0.2) is 6.33 Å². The number of nitrogens with zero attached hydrogens (tertiary/aromatic N) is 3. The smallest absolute Gasteiger partial charge is 0.288 e. The maximum atomic E-state index is 10.4. The van der Waals surface area contributed by atoms with Crippen molar-refractivity contribution in [3.8, 4) is 0 Å². The van der Waals surface area contributed by atoms with E-state index in [9.17, 15) is 4.79 Å². The number of amides is 1. The highest BCUT2D eigenvalue weighted by molar-refractivity contribution is 5.88. The third-order valence-corrected chi connectivity index (χ3v) is 1.11. The van der Waals surface area contributed by atoms with Gasteiger partial charge in [0.05, 0.1) is 0 Å². The Morgan fingerprint density at radius 2 is 2.55 bits per heavy atom. The van der Waals surface area contributed by atoms with E-state index in [1.165, 1.54) is 13.3 Å². The largest absolute Gasteiger partial charge is 0.372 e. The van der Waals surface area contributed by atoms with Crippen molar-refractivity contribution in [3.05, 3.63) is 12.2 Å². The Bertz CT molecular complexity index is 267. The molecule has 3 N–H and O–H groups in total. The molecule has 1 heterocycles. The van der Waals surface area contributed by atoms with Crippen LogP contribution in [0.2, 0.25) is 0 Å². The molecule has 60 valence electrons. The monoisotopic (exact) mass is 156 g/mol. The molecule has 1 unspecified atom stereocenters. The van der Waals surface area contributed by atoms with Gasteiger partial charge in [0.2, 0.25) is 5.82 Å². The quantitative estimate of drug-likeness (QED) is 0.567. The predicted molar refractivity (Wildman–Crippen MR) is 35.5 cm³/mol. The molecule has 11 heavy (non-hydrogen) atoms. The Balaban J connectivity index is 2.90. The number of aromatic nitrogens is 3. The third-order valence-electron chi connectivity index (χ3n) is 1.11. The van der Waals surface area contributed by atoms with Crippen LogP contribution in [0.5, 0.6) is 0 Å². The molecule has 1 atom stereocenters. The molecule has 0 saturated heterocycles. The zero-order chi connectivity index (χ0) is 8.43. The summed E-state index contributed by atoms with van der Waals surface area (Å²) >= 11 is 0. The minimum atomic E-state index is -0.796. The number of carbonyl (C=O) groups is 1. The molecule has 1 aromatic rings. The lowest BCUT2D eigenvalue weighted by molar-refractivity contribution is 0.0976.